The standard InChI is InChI=1S/C20H20FN5O7S2/c1-25-11-19(22-12-25)34(29,30)23-9-15-10-26(35(31,32)16-5-2-13(21)3-6-16)17-8-14(24-20(27)28)4-7-18(17)33-15/h2-8,11-12,15,23-24H,9-10H2,1H3,(H,27,28). The minimum absolute atomic E-state index is 0.0319. The third kappa shape index (κ3) is 5.21. The number of aromatic nitrogens is 2. The Kier molecular flexibility index (Phi) is 6.40. The Morgan fingerprint density at radius 2 is 1.91 bits per heavy atom. The molecule has 1 atom stereocenters. The second-order valence-electron chi connectivity index (χ2n) is 7.57. The van der Waals surface area contributed by atoms with Crippen molar-refractivity contribution in [2.45, 2.75) is 16.0 Å². The van der Waals surface area contributed by atoms with Gasteiger partial charge in [-0.15, -0.1) is 0 Å². The van der Waals surface area contributed by atoms with E-state index < -0.39 is 38.1 Å². The number of sulfonamides is 2. The van der Waals surface area contributed by atoms with Gasteiger partial charge in [0.15, 0.2) is 5.03 Å². The first-order valence-electron chi connectivity index (χ1n) is 10.0. The summed E-state index contributed by atoms with van der Waals surface area (Å²) in [5.74, 6) is -0.541. The molecule has 1 aliphatic rings. The molecule has 0 spiro atoms. The number of nitrogens with one attached hydrogen (secondary N) is 2. The molecular formula is C20H20FN5O7S2. The van der Waals surface area contributed by atoms with Crippen molar-refractivity contribution >= 4 is 37.5 Å². The summed E-state index contributed by atoms with van der Waals surface area (Å²) in [6.45, 7) is -0.600. The van der Waals surface area contributed by atoms with Crippen molar-refractivity contribution in [3.63, 3.8) is 0 Å². The Balaban J connectivity index is 1.67. The molecular weight excluding hydrogens is 505 g/mol. The van der Waals surface area contributed by atoms with Crippen molar-refractivity contribution < 1.29 is 35.9 Å². The van der Waals surface area contributed by atoms with Crippen LogP contribution < -0.4 is 19.1 Å². The molecule has 2 aromatic carbocycles. The van der Waals surface area contributed by atoms with Crippen LogP contribution in [0.5, 0.6) is 5.75 Å². The molecule has 2 heterocycles. The topological polar surface area (TPSA) is 160 Å². The summed E-state index contributed by atoms with van der Waals surface area (Å²) in [5, 5.41) is 10.9. The maximum Gasteiger partial charge on any atom is 0.409 e. The van der Waals surface area contributed by atoms with Gasteiger partial charge in [0.1, 0.15) is 17.7 Å². The molecule has 0 radical (unpaired) electrons. The van der Waals surface area contributed by atoms with Crippen molar-refractivity contribution in [2.24, 2.45) is 7.05 Å². The van der Waals surface area contributed by atoms with Gasteiger partial charge in [-0.05, 0) is 42.5 Å². The maximum absolute atomic E-state index is 13.4. The molecule has 3 N–H and O–H groups in total. The summed E-state index contributed by atoms with van der Waals surface area (Å²) in [5.41, 5.74) is 0.123. The number of ether oxygens (including phenoxy) is 1. The fraction of sp³-hybridized carbons (Fsp3) is 0.200. The Hall–Kier alpha value is -3.69. The fourth-order valence-corrected chi connectivity index (χ4v) is 5.93. The minimum atomic E-state index is -4.25. The highest BCUT2D eigenvalue weighted by atomic mass is 32.2. The van der Waals surface area contributed by atoms with Crippen LogP contribution in [-0.2, 0) is 27.1 Å². The molecule has 0 saturated heterocycles. The number of rotatable bonds is 7. The van der Waals surface area contributed by atoms with Crippen molar-refractivity contribution in [2.75, 3.05) is 22.7 Å². The molecule has 0 saturated carbocycles. The first kappa shape index (κ1) is 24.4. The normalized spacial score (nSPS) is 15.8. The molecule has 3 aromatic rings. The number of carboxylic acid groups (broad SMARTS) is 1. The Bertz CT molecular complexity index is 1470. The number of fused-ring (bicyclic) bond motifs is 1. The molecule has 4 rings (SSSR count). The van der Waals surface area contributed by atoms with Crippen molar-refractivity contribution in [1.82, 2.24) is 14.3 Å². The van der Waals surface area contributed by atoms with Gasteiger partial charge >= 0.3 is 6.09 Å². The summed E-state index contributed by atoms with van der Waals surface area (Å²) in [7, 11) is -6.64. The third-order valence-electron chi connectivity index (χ3n) is 5.00. The smallest absolute Gasteiger partial charge is 0.409 e. The van der Waals surface area contributed by atoms with E-state index in [9.17, 15) is 26.0 Å². The van der Waals surface area contributed by atoms with Crippen molar-refractivity contribution in [3.05, 3.63) is 60.8 Å². The van der Waals surface area contributed by atoms with Crippen LogP contribution in [0.3, 0.4) is 0 Å². The van der Waals surface area contributed by atoms with Crippen LogP contribution in [0.25, 0.3) is 0 Å². The van der Waals surface area contributed by atoms with Crippen LogP contribution >= 0.6 is 0 Å². The number of anilines is 2. The highest BCUT2D eigenvalue weighted by Gasteiger charge is 2.35. The van der Waals surface area contributed by atoms with Gasteiger partial charge in [-0.3, -0.25) is 9.62 Å². The predicted molar refractivity (Wildman–Crippen MR) is 122 cm³/mol. The van der Waals surface area contributed by atoms with Gasteiger partial charge in [0, 0.05) is 25.5 Å². The van der Waals surface area contributed by atoms with E-state index in [0.29, 0.717) is 0 Å². The lowest BCUT2D eigenvalue weighted by atomic mass is 10.2. The maximum atomic E-state index is 13.4. The minimum Gasteiger partial charge on any atom is -0.485 e. The number of imidazole rings is 1. The van der Waals surface area contributed by atoms with Crippen LogP contribution in [-0.4, -0.2) is 56.8 Å². The molecule has 0 fully saturated rings. The third-order valence-corrected chi connectivity index (χ3v) is 8.10. The van der Waals surface area contributed by atoms with E-state index in [2.05, 4.69) is 15.0 Å². The number of amides is 1. The van der Waals surface area contributed by atoms with Crippen molar-refractivity contribution in [1.29, 1.82) is 0 Å². The average molecular weight is 526 g/mol. The lowest BCUT2D eigenvalue weighted by molar-refractivity contribution is 0.203. The molecule has 1 unspecified atom stereocenters. The molecule has 15 heteroatoms. The number of aryl methyl sites for hydroxylation is 1. The number of hydrogen-bond acceptors (Lipinski definition) is 7. The second kappa shape index (κ2) is 9.16. The molecule has 186 valence electrons. The lowest BCUT2D eigenvalue weighted by Gasteiger charge is -2.35. The van der Waals surface area contributed by atoms with Gasteiger partial charge in [-0.25, -0.2) is 35.7 Å². The Labute approximate surface area is 200 Å². The van der Waals surface area contributed by atoms with E-state index in [-0.39, 0.29) is 40.1 Å². The molecule has 12 nitrogen and oxygen atoms in total. The number of hydrogen-bond donors (Lipinski definition) is 3. The van der Waals surface area contributed by atoms with Crippen LogP contribution in [0.15, 0.2) is 64.9 Å². The van der Waals surface area contributed by atoms with Gasteiger partial charge in [-0.1, -0.05) is 0 Å². The lowest BCUT2D eigenvalue weighted by Crippen LogP contribution is -2.48. The highest BCUT2D eigenvalue weighted by molar-refractivity contribution is 7.92. The summed E-state index contributed by atoms with van der Waals surface area (Å²) in [6.07, 6.45) is 0.328. The quantitative estimate of drug-likeness (QED) is 0.419. The number of halogens is 1. The molecule has 0 aliphatic carbocycles. The second-order valence-corrected chi connectivity index (χ2v) is 11.1. The molecule has 1 amide bonds. The monoisotopic (exact) mass is 525 g/mol. The number of benzene rings is 2. The van der Waals surface area contributed by atoms with Crippen LogP contribution in [0.4, 0.5) is 20.6 Å². The van der Waals surface area contributed by atoms with Gasteiger partial charge in [0.25, 0.3) is 20.0 Å². The summed E-state index contributed by atoms with van der Waals surface area (Å²) >= 11 is 0. The number of nitrogens with zero attached hydrogens (tertiary/aromatic N) is 3. The zero-order chi connectivity index (χ0) is 25.4. The van der Waals surface area contributed by atoms with Gasteiger partial charge in [0.2, 0.25) is 0 Å². The zero-order valence-electron chi connectivity index (χ0n) is 18.1. The van der Waals surface area contributed by atoms with Crippen molar-refractivity contribution in [3.8, 4) is 5.75 Å². The van der Waals surface area contributed by atoms with E-state index in [1.54, 1.807) is 7.05 Å². The van der Waals surface area contributed by atoms with E-state index in [4.69, 9.17) is 9.84 Å². The fourth-order valence-electron chi connectivity index (χ4n) is 3.39. The SMILES string of the molecule is Cn1cnc(S(=O)(=O)NCC2CN(S(=O)(=O)c3ccc(F)cc3)c3cc(NC(=O)O)ccc3O2)c1. The zero-order valence-corrected chi connectivity index (χ0v) is 19.8. The highest BCUT2D eigenvalue weighted by Crippen LogP contribution is 2.39. The summed E-state index contributed by atoms with van der Waals surface area (Å²) < 4.78 is 75.9. The largest absolute Gasteiger partial charge is 0.485 e. The summed E-state index contributed by atoms with van der Waals surface area (Å²) in [6, 6.07) is 8.20. The van der Waals surface area contributed by atoms with E-state index in [0.717, 1.165) is 28.6 Å². The Morgan fingerprint density at radius 1 is 1.20 bits per heavy atom. The van der Waals surface area contributed by atoms with Crippen LogP contribution in [0.1, 0.15) is 0 Å². The average Bonchev–Trinajstić information content (AvgIpc) is 3.24. The predicted octanol–water partition coefficient (Wildman–Crippen LogP) is 1.58. The molecule has 0 bridgehead atoms. The van der Waals surface area contributed by atoms with Gasteiger partial charge in [-0.2, -0.15) is 0 Å². The van der Waals surface area contributed by atoms with Crippen LogP contribution in [0, 0.1) is 5.82 Å². The van der Waals surface area contributed by atoms with E-state index in [1.807, 2.05) is 0 Å². The summed E-state index contributed by atoms with van der Waals surface area (Å²) in [4.78, 5) is 14.6. The molecule has 1 aliphatic heterocycles. The van der Waals surface area contributed by atoms with E-state index in [1.165, 1.54) is 35.3 Å². The van der Waals surface area contributed by atoms with Gasteiger partial charge < -0.3 is 14.4 Å². The number of carbonyl (C=O) groups is 1. The van der Waals surface area contributed by atoms with Gasteiger partial charge in [0.05, 0.1) is 23.5 Å². The molecule has 35 heavy (non-hydrogen) atoms. The first-order chi connectivity index (χ1) is 16.5. The van der Waals surface area contributed by atoms with E-state index >= 15 is 0 Å². The Morgan fingerprint density at radius 3 is 2.54 bits per heavy atom. The molecule has 1 aromatic heterocycles. The van der Waals surface area contributed by atoms with Crippen LogP contribution in [0.2, 0.25) is 0 Å². The first-order valence-corrected chi connectivity index (χ1v) is 12.9.